The van der Waals surface area contributed by atoms with Crippen LogP contribution in [0, 0.1) is 11.8 Å². The second kappa shape index (κ2) is 6.37. The number of nitrogens with zero attached hydrogens (tertiary/aromatic N) is 1. The molecule has 0 spiro atoms. The number of hydrogen-bond donors (Lipinski definition) is 1. The minimum absolute atomic E-state index is 0.338. The standard InChI is InChI=1S/C16H20N2O2/c1-11(2)12(3)10-20-16(19)18-15-8-13-6-4-5-7-14(13)9-17-15/h4-9,11-12H,10H2,1-3H3,(H,17,18,19)/t12-/m0/s1. The number of hydrogen-bond acceptors (Lipinski definition) is 3. The number of benzene rings is 1. The van der Waals surface area contributed by atoms with E-state index in [1.165, 1.54) is 0 Å². The predicted molar refractivity (Wildman–Crippen MR) is 80.7 cm³/mol. The third-order valence-electron chi connectivity index (χ3n) is 3.48. The molecule has 0 aliphatic heterocycles. The first-order chi connectivity index (χ1) is 9.56. The first-order valence-corrected chi connectivity index (χ1v) is 6.85. The number of nitrogens with one attached hydrogen (secondary N) is 1. The lowest BCUT2D eigenvalue weighted by Crippen LogP contribution is -2.20. The molecule has 4 nitrogen and oxygen atoms in total. The SMILES string of the molecule is CC(C)[C@@H](C)COC(=O)Nc1cc2ccccc2cn1. The number of amides is 1. The normalized spacial score (nSPS) is 12.4. The van der Waals surface area contributed by atoms with Gasteiger partial charge in [-0.15, -0.1) is 0 Å². The van der Waals surface area contributed by atoms with Crippen molar-refractivity contribution in [2.24, 2.45) is 11.8 Å². The monoisotopic (exact) mass is 272 g/mol. The van der Waals surface area contributed by atoms with Crippen LogP contribution in [-0.4, -0.2) is 17.7 Å². The molecule has 0 unspecified atom stereocenters. The van der Waals surface area contributed by atoms with E-state index in [9.17, 15) is 4.79 Å². The van der Waals surface area contributed by atoms with Gasteiger partial charge in [-0.05, 0) is 23.3 Å². The molecule has 2 aromatic rings. The van der Waals surface area contributed by atoms with Crippen LogP contribution in [0.3, 0.4) is 0 Å². The highest BCUT2D eigenvalue weighted by molar-refractivity contribution is 5.89. The zero-order chi connectivity index (χ0) is 14.5. The van der Waals surface area contributed by atoms with Gasteiger partial charge in [0.2, 0.25) is 0 Å². The minimum Gasteiger partial charge on any atom is -0.449 e. The molecule has 1 N–H and O–H groups in total. The Balaban J connectivity index is 1.96. The van der Waals surface area contributed by atoms with Crippen LogP contribution in [0.1, 0.15) is 20.8 Å². The highest BCUT2D eigenvalue weighted by Gasteiger charge is 2.11. The Morgan fingerprint density at radius 2 is 1.95 bits per heavy atom. The molecule has 1 atom stereocenters. The third kappa shape index (κ3) is 3.70. The fourth-order valence-electron chi connectivity index (χ4n) is 1.69. The number of aromatic nitrogens is 1. The van der Waals surface area contributed by atoms with Gasteiger partial charge >= 0.3 is 6.09 Å². The van der Waals surface area contributed by atoms with E-state index < -0.39 is 6.09 Å². The lowest BCUT2D eigenvalue weighted by atomic mass is 10.00. The molecule has 20 heavy (non-hydrogen) atoms. The molecule has 0 saturated carbocycles. The average molecular weight is 272 g/mol. The maximum atomic E-state index is 11.7. The van der Waals surface area contributed by atoms with E-state index in [0.717, 1.165) is 10.8 Å². The number of pyridine rings is 1. The quantitative estimate of drug-likeness (QED) is 0.912. The van der Waals surface area contributed by atoms with Crippen molar-refractivity contribution in [3.8, 4) is 0 Å². The fraction of sp³-hybridized carbons (Fsp3) is 0.375. The smallest absolute Gasteiger partial charge is 0.412 e. The topological polar surface area (TPSA) is 51.2 Å². The summed E-state index contributed by atoms with van der Waals surface area (Å²) in [4.78, 5) is 15.9. The van der Waals surface area contributed by atoms with Gasteiger partial charge in [0.15, 0.2) is 0 Å². The summed E-state index contributed by atoms with van der Waals surface area (Å²) >= 11 is 0. The zero-order valence-electron chi connectivity index (χ0n) is 12.1. The van der Waals surface area contributed by atoms with Crippen molar-refractivity contribution in [1.82, 2.24) is 4.98 Å². The molecule has 1 amide bonds. The molecule has 1 aromatic carbocycles. The molecule has 106 valence electrons. The Morgan fingerprint density at radius 1 is 1.25 bits per heavy atom. The second-order valence-corrected chi connectivity index (χ2v) is 5.36. The lowest BCUT2D eigenvalue weighted by Gasteiger charge is -2.15. The van der Waals surface area contributed by atoms with Crippen molar-refractivity contribution >= 4 is 22.7 Å². The molecule has 1 heterocycles. The van der Waals surface area contributed by atoms with E-state index in [-0.39, 0.29) is 0 Å². The zero-order valence-corrected chi connectivity index (χ0v) is 12.1. The minimum atomic E-state index is -0.458. The molecule has 2 rings (SSSR count). The second-order valence-electron chi connectivity index (χ2n) is 5.36. The highest BCUT2D eigenvalue weighted by Crippen LogP contribution is 2.16. The number of anilines is 1. The van der Waals surface area contributed by atoms with Crippen LogP contribution in [0.4, 0.5) is 10.6 Å². The summed E-state index contributed by atoms with van der Waals surface area (Å²) in [5.74, 6) is 1.33. The van der Waals surface area contributed by atoms with Crippen LogP contribution in [0.2, 0.25) is 0 Å². The van der Waals surface area contributed by atoms with Gasteiger partial charge in [0.1, 0.15) is 5.82 Å². The first kappa shape index (κ1) is 14.3. The van der Waals surface area contributed by atoms with Crippen molar-refractivity contribution in [2.75, 3.05) is 11.9 Å². The maximum absolute atomic E-state index is 11.7. The van der Waals surface area contributed by atoms with Crippen LogP contribution in [0.15, 0.2) is 36.5 Å². The van der Waals surface area contributed by atoms with E-state index in [1.807, 2.05) is 30.3 Å². The Bertz CT molecular complexity index is 596. The van der Waals surface area contributed by atoms with Gasteiger partial charge in [0.25, 0.3) is 0 Å². The van der Waals surface area contributed by atoms with E-state index in [4.69, 9.17) is 4.74 Å². The molecule has 0 fully saturated rings. The molecule has 0 aliphatic rings. The largest absolute Gasteiger partial charge is 0.449 e. The molecule has 4 heteroatoms. The van der Waals surface area contributed by atoms with Gasteiger partial charge < -0.3 is 4.74 Å². The Kier molecular flexibility index (Phi) is 4.56. The fourth-order valence-corrected chi connectivity index (χ4v) is 1.69. The van der Waals surface area contributed by atoms with Crippen LogP contribution in [0.25, 0.3) is 10.8 Å². The summed E-state index contributed by atoms with van der Waals surface area (Å²) in [5.41, 5.74) is 0. The Labute approximate surface area is 119 Å². The molecule has 0 radical (unpaired) electrons. The summed E-state index contributed by atoms with van der Waals surface area (Å²) < 4.78 is 5.19. The summed E-state index contributed by atoms with van der Waals surface area (Å²) in [5, 5.41) is 4.73. The van der Waals surface area contributed by atoms with E-state index in [0.29, 0.717) is 24.3 Å². The lowest BCUT2D eigenvalue weighted by molar-refractivity contribution is 0.133. The molecular formula is C16H20N2O2. The van der Waals surface area contributed by atoms with E-state index in [2.05, 4.69) is 31.1 Å². The first-order valence-electron chi connectivity index (χ1n) is 6.85. The van der Waals surface area contributed by atoms with Crippen LogP contribution in [-0.2, 0) is 4.74 Å². The van der Waals surface area contributed by atoms with Crippen LogP contribution >= 0.6 is 0 Å². The number of rotatable bonds is 4. The summed E-state index contributed by atoms with van der Waals surface area (Å²) in [6, 6.07) is 9.71. The average Bonchev–Trinajstić information content (AvgIpc) is 2.44. The summed E-state index contributed by atoms with van der Waals surface area (Å²) in [7, 11) is 0. The van der Waals surface area contributed by atoms with Gasteiger partial charge in [-0.1, -0.05) is 45.0 Å². The molecular weight excluding hydrogens is 252 g/mol. The Hall–Kier alpha value is -2.10. The highest BCUT2D eigenvalue weighted by atomic mass is 16.5. The molecule has 0 bridgehead atoms. The number of fused-ring (bicyclic) bond motifs is 1. The third-order valence-corrected chi connectivity index (χ3v) is 3.48. The maximum Gasteiger partial charge on any atom is 0.412 e. The van der Waals surface area contributed by atoms with Gasteiger partial charge in [-0.2, -0.15) is 0 Å². The number of carbonyl (C=O) groups is 1. The van der Waals surface area contributed by atoms with Gasteiger partial charge in [0, 0.05) is 11.6 Å². The number of ether oxygens (including phenoxy) is 1. The van der Waals surface area contributed by atoms with Crippen LogP contribution in [0.5, 0.6) is 0 Å². The van der Waals surface area contributed by atoms with Gasteiger partial charge in [-0.3, -0.25) is 5.32 Å². The van der Waals surface area contributed by atoms with E-state index in [1.54, 1.807) is 6.20 Å². The van der Waals surface area contributed by atoms with Crippen molar-refractivity contribution in [1.29, 1.82) is 0 Å². The summed E-state index contributed by atoms with van der Waals surface area (Å²) in [6.45, 7) is 6.69. The number of carbonyl (C=O) groups excluding carboxylic acids is 1. The van der Waals surface area contributed by atoms with Crippen LogP contribution < -0.4 is 5.32 Å². The predicted octanol–water partition coefficient (Wildman–Crippen LogP) is 4.08. The Morgan fingerprint density at radius 3 is 2.65 bits per heavy atom. The van der Waals surface area contributed by atoms with Crippen molar-refractivity contribution in [3.05, 3.63) is 36.5 Å². The van der Waals surface area contributed by atoms with Crippen molar-refractivity contribution in [2.45, 2.75) is 20.8 Å². The van der Waals surface area contributed by atoms with E-state index >= 15 is 0 Å². The van der Waals surface area contributed by atoms with Gasteiger partial charge in [-0.25, -0.2) is 9.78 Å². The van der Waals surface area contributed by atoms with Crippen molar-refractivity contribution in [3.63, 3.8) is 0 Å². The van der Waals surface area contributed by atoms with Gasteiger partial charge in [0.05, 0.1) is 6.61 Å². The molecule has 0 aliphatic carbocycles. The molecule has 1 aromatic heterocycles. The van der Waals surface area contributed by atoms with Crippen molar-refractivity contribution < 1.29 is 9.53 Å². The molecule has 0 saturated heterocycles. The summed E-state index contributed by atoms with van der Waals surface area (Å²) in [6.07, 6.45) is 1.28.